The van der Waals surface area contributed by atoms with Gasteiger partial charge in [-0.3, -0.25) is 0 Å². The maximum atomic E-state index is 12.8. The van der Waals surface area contributed by atoms with Crippen molar-refractivity contribution in [3.63, 3.8) is 0 Å². The maximum absolute atomic E-state index is 12.8. The minimum atomic E-state index is -0.264. The van der Waals surface area contributed by atoms with Crippen molar-refractivity contribution in [1.29, 1.82) is 0 Å². The molecule has 0 unspecified atom stereocenters. The predicted octanol–water partition coefficient (Wildman–Crippen LogP) is 3.38. The highest BCUT2D eigenvalue weighted by molar-refractivity contribution is 7.80. The van der Waals surface area contributed by atoms with Gasteiger partial charge >= 0.3 is 0 Å². The van der Waals surface area contributed by atoms with Crippen LogP contribution in [0.5, 0.6) is 0 Å². The third-order valence-electron chi connectivity index (χ3n) is 3.01. The van der Waals surface area contributed by atoms with Crippen molar-refractivity contribution in [2.45, 2.75) is 6.54 Å². The number of benzene rings is 2. The fourth-order valence-electron chi connectivity index (χ4n) is 1.80. The molecule has 0 atom stereocenters. The SMILES string of the molecule is CN(C)c1ccc(CNC(=S)Nc2ccc(F)cc2)cc1. The van der Waals surface area contributed by atoms with Crippen molar-refractivity contribution < 1.29 is 4.39 Å². The quantitative estimate of drug-likeness (QED) is 0.847. The average molecular weight is 303 g/mol. The number of hydrogen-bond donors (Lipinski definition) is 2. The summed E-state index contributed by atoms with van der Waals surface area (Å²) < 4.78 is 12.8. The minimum Gasteiger partial charge on any atom is -0.378 e. The highest BCUT2D eigenvalue weighted by atomic mass is 32.1. The predicted molar refractivity (Wildman–Crippen MR) is 90.2 cm³/mol. The lowest BCUT2D eigenvalue weighted by Crippen LogP contribution is -2.27. The molecule has 5 heteroatoms. The summed E-state index contributed by atoms with van der Waals surface area (Å²) in [6.07, 6.45) is 0. The van der Waals surface area contributed by atoms with Gasteiger partial charge in [0, 0.05) is 32.0 Å². The number of halogens is 1. The zero-order valence-electron chi connectivity index (χ0n) is 12.1. The van der Waals surface area contributed by atoms with Crippen LogP contribution in [-0.4, -0.2) is 19.2 Å². The Morgan fingerprint density at radius 3 is 2.24 bits per heavy atom. The molecule has 0 fully saturated rings. The Kier molecular flexibility index (Phi) is 5.11. The summed E-state index contributed by atoms with van der Waals surface area (Å²) >= 11 is 5.21. The fraction of sp³-hybridized carbons (Fsp3) is 0.188. The molecule has 0 aliphatic carbocycles. The lowest BCUT2D eigenvalue weighted by atomic mass is 10.2. The van der Waals surface area contributed by atoms with Gasteiger partial charge in [-0.1, -0.05) is 12.1 Å². The molecule has 0 radical (unpaired) electrons. The van der Waals surface area contributed by atoms with Crippen LogP contribution in [0.4, 0.5) is 15.8 Å². The molecule has 0 saturated heterocycles. The molecule has 0 aromatic heterocycles. The number of rotatable bonds is 4. The number of nitrogens with zero attached hydrogens (tertiary/aromatic N) is 1. The van der Waals surface area contributed by atoms with Crippen LogP contribution in [0.1, 0.15) is 5.56 Å². The molecule has 0 bridgehead atoms. The van der Waals surface area contributed by atoms with E-state index in [-0.39, 0.29) is 5.82 Å². The lowest BCUT2D eigenvalue weighted by Gasteiger charge is -2.14. The lowest BCUT2D eigenvalue weighted by molar-refractivity contribution is 0.628. The minimum absolute atomic E-state index is 0.264. The smallest absolute Gasteiger partial charge is 0.171 e. The first-order chi connectivity index (χ1) is 10.0. The van der Waals surface area contributed by atoms with Crippen LogP contribution in [0, 0.1) is 5.82 Å². The molecule has 2 rings (SSSR count). The Balaban J connectivity index is 1.84. The summed E-state index contributed by atoms with van der Waals surface area (Å²) in [7, 11) is 4.02. The number of hydrogen-bond acceptors (Lipinski definition) is 2. The maximum Gasteiger partial charge on any atom is 0.171 e. The van der Waals surface area contributed by atoms with E-state index in [1.165, 1.54) is 12.1 Å². The van der Waals surface area contributed by atoms with Crippen LogP contribution in [-0.2, 0) is 6.54 Å². The Bertz CT molecular complexity index is 594. The molecule has 2 aromatic rings. The van der Waals surface area contributed by atoms with Crippen molar-refractivity contribution in [3.05, 3.63) is 59.9 Å². The Morgan fingerprint density at radius 1 is 1.05 bits per heavy atom. The summed E-state index contributed by atoms with van der Waals surface area (Å²) in [4.78, 5) is 2.05. The van der Waals surface area contributed by atoms with Gasteiger partial charge in [0.2, 0.25) is 0 Å². The molecule has 0 aliphatic rings. The molecule has 2 aromatic carbocycles. The Hall–Kier alpha value is -2.14. The average Bonchev–Trinajstić information content (AvgIpc) is 2.48. The molecule has 0 aliphatic heterocycles. The molecular formula is C16H18FN3S. The summed E-state index contributed by atoms with van der Waals surface area (Å²) in [5.74, 6) is -0.264. The standard InChI is InChI=1S/C16H18FN3S/c1-20(2)15-9-3-12(4-10-15)11-18-16(21)19-14-7-5-13(17)6-8-14/h3-10H,11H2,1-2H3,(H2,18,19,21). The Labute approximate surface area is 129 Å². The third kappa shape index (κ3) is 4.72. The van der Waals surface area contributed by atoms with E-state index in [1.807, 2.05) is 14.1 Å². The van der Waals surface area contributed by atoms with Crippen LogP contribution >= 0.6 is 12.2 Å². The monoisotopic (exact) mass is 303 g/mol. The van der Waals surface area contributed by atoms with Crippen LogP contribution in [0.3, 0.4) is 0 Å². The van der Waals surface area contributed by atoms with E-state index < -0.39 is 0 Å². The molecule has 0 amide bonds. The highest BCUT2D eigenvalue weighted by Crippen LogP contribution is 2.12. The molecule has 0 spiro atoms. The second kappa shape index (κ2) is 7.04. The zero-order chi connectivity index (χ0) is 15.2. The molecule has 0 saturated carbocycles. The second-order valence-electron chi connectivity index (χ2n) is 4.88. The van der Waals surface area contributed by atoms with E-state index in [4.69, 9.17) is 12.2 Å². The highest BCUT2D eigenvalue weighted by Gasteiger charge is 2.00. The van der Waals surface area contributed by atoms with Crippen molar-refractivity contribution >= 4 is 28.7 Å². The zero-order valence-corrected chi connectivity index (χ0v) is 12.9. The summed E-state index contributed by atoms with van der Waals surface area (Å²) in [6.45, 7) is 0.640. The van der Waals surface area contributed by atoms with Crippen molar-refractivity contribution in [2.24, 2.45) is 0 Å². The summed E-state index contributed by atoms with van der Waals surface area (Å²) in [5, 5.41) is 6.65. The van der Waals surface area contributed by atoms with E-state index in [0.717, 1.165) is 16.9 Å². The molecule has 2 N–H and O–H groups in total. The van der Waals surface area contributed by atoms with Gasteiger partial charge in [0.05, 0.1) is 0 Å². The molecule has 110 valence electrons. The van der Waals surface area contributed by atoms with E-state index in [0.29, 0.717) is 11.7 Å². The fourth-order valence-corrected chi connectivity index (χ4v) is 1.99. The first kappa shape index (κ1) is 15.3. The first-order valence-corrected chi connectivity index (χ1v) is 7.02. The van der Waals surface area contributed by atoms with Gasteiger partial charge in [-0.2, -0.15) is 0 Å². The van der Waals surface area contributed by atoms with Gasteiger partial charge in [-0.15, -0.1) is 0 Å². The van der Waals surface area contributed by atoms with Crippen LogP contribution in [0.2, 0.25) is 0 Å². The van der Waals surface area contributed by atoms with Crippen molar-refractivity contribution in [2.75, 3.05) is 24.3 Å². The van der Waals surface area contributed by atoms with Gasteiger partial charge in [0.1, 0.15) is 5.82 Å². The van der Waals surface area contributed by atoms with Crippen molar-refractivity contribution in [1.82, 2.24) is 5.32 Å². The molecule has 0 heterocycles. The van der Waals surface area contributed by atoms with Gasteiger partial charge in [0.25, 0.3) is 0 Å². The summed E-state index contributed by atoms with van der Waals surface area (Å²) in [5.41, 5.74) is 3.06. The summed E-state index contributed by atoms with van der Waals surface area (Å²) in [6, 6.07) is 14.3. The molecule has 3 nitrogen and oxygen atoms in total. The van der Waals surface area contributed by atoms with Gasteiger partial charge in [-0.05, 0) is 54.2 Å². The number of anilines is 2. The van der Waals surface area contributed by atoms with Gasteiger partial charge < -0.3 is 15.5 Å². The molecule has 21 heavy (non-hydrogen) atoms. The van der Waals surface area contributed by atoms with Gasteiger partial charge in [0.15, 0.2) is 5.11 Å². The number of nitrogens with one attached hydrogen (secondary N) is 2. The largest absolute Gasteiger partial charge is 0.378 e. The first-order valence-electron chi connectivity index (χ1n) is 6.61. The third-order valence-corrected chi connectivity index (χ3v) is 3.25. The second-order valence-corrected chi connectivity index (χ2v) is 5.28. The van der Waals surface area contributed by atoms with E-state index in [2.05, 4.69) is 39.8 Å². The van der Waals surface area contributed by atoms with Crippen LogP contribution < -0.4 is 15.5 Å². The van der Waals surface area contributed by atoms with Crippen LogP contribution in [0.25, 0.3) is 0 Å². The van der Waals surface area contributed by atoms with E-state index in [1.54, 1.807) is 12.1 Å². The van der Waals surface area contributed by atoms with Crippen LogP contribution in [0.15, 0.2) is 48.5 Å². The van der Waals surface area contributed by atoms with Gasteiger partial charge in [-0.25, -0.2) is 4.39 Å². The number of thiocarbonyl (C=S) groups is 1. The van der Waals surface area contributed by atoms with E-state index in [9.17, 15) is 4.39 Å². The van der Waals surface area contributed by atoms with Crippen molar-refractivity contribution in [3.8, 4) is 0 Å². The topological polar surface area (TPSA) is 27.3 Å². The normalized spacial score (nSPS) is 10.0. The molecular weight excluding hydrogens is 285 g/mol. The Morgan fingerprint density at radius 2 is 1.67 bits per heavy atom. The van der Waals surface area contributed by atoms with E-state index >= 15 is 0 Å².